The summed E-state index contributed by atoms with van der Waals surface area (Å²) in [6.07, 6.45) is 0. The van der Waals surface area contributed by atoms with Crippen molar-refractivity contribution in [2.45, 2.75) is 13.2 Å². The maximum atomic E-state index is 5.93. The van der Waals surface area contributed by atoms with Crippen molar-refractivity contribution >= 4 is 31.9 Å². The van der Waals surface area contributed by atoms with Crippen LogP contribution in [0.5, 0.6) is 23.0 Å². The Bertz CT molecular complexity index is 871. The summed E-state index contributed by atoms with van der Waals surface area (Å²) in [6, 6.07) is 19.2. The number of methoxy groups -OCH3 is 2. The standard InChI is InChI=1S/C22H20Br2O4/c1-25-17-6-8-21(23)15(10-17)13-27-19-4-3-5-20(12-19)28-14-16-11-18(26-2)7-9-22(16)24/h3-12H,13-14H2,1-2H3. The predicted octanol–water partition coefficient (Wildman–Crippen LogP) is 6.39. The molecule has 0 aliphatic rings. The molecule has 28 heavy (non-hydrogen) atoms. The molecule has 6 heteroatoms. The fourth-order valence-corrected chi connectivity index (χ4v) is 3.28. The lowest BCUT2D eigenvalue weighted by molar-refractivity contribution is 0.288. The minimum atomic E-state index is 0.419. The van der Waals surface area contributed by atoms with E-state index in [9.17, 15) is 0 Å². The topological polar surface area (TPSA) is 36.9 Å². The maximum Gasteiger partial charge on any atom is 0.123 e. The molecule has 3 rings (SSSR count). The van der Waals surface area contributed by atoms with Crippen molar-refractivity contribution < 1.29 is 18.9 Å². The third kappa shape index (κ3) is 5.42. The number of hydrogen-bond donors (Lipinski definition) is 0. The first-order valence-corrected chi connectivity index (χ1v) is 10.2. The van der Waals surface area contributed by atoms with Gasteiger partial charge in [-0.15, -0.1) is 0 Å². The van der Waals surface area contributed by atoms with Gasteiger partial charge in [0.25, 0.3) is 0 Å². The van der Waals surface area contributed by atoms with E-state index in [-0.39, 0.29) is 0 Å². The number of benzene rings is 3. The van der Waals surface area contributed by atoms with Gasteiger partial charge in [-0.2, -0.15) is 0 Å². The molecule has 0 aliphatic carbocycles. The minimum absolute atomic E-state index is 0.419. The number of hydrogen-bond acceptors (Lipinski definition) is 4. The lowest BCUT2D eigenvalue weighted by Crippen LogP contribution is -1.99. The highest BCUT2D eigenvalue weighted by Crippen LogP contribution is 2.27. The molecule has 0 saturated heterocycles. The molecule has 0 spiro atoms. The fourth-order valence-electron chi connectivity index (χ4n) is 2.55. The third-order valence-corrected chi connectivity index (χ3v) is 5.65. The highest BCUT2D eigenvalue weighted by atomic mass is 79.9. The van der Waals surface area contributed by atoms with Crippen LogP contribution in [0.25, 0.3) is 0 Å². The van der Waals surface area contributed by atoms with Gasteiger partial charge < -0.3 is 18.9 Å². The summed E-state index contributed by atoms with van der Waals surface area (Å²) in [5.41, 5.74) is 2.01. The average Bonchev–Trinajstić information content (AvgIpc) is 2.73. The summed E-state index contributed by atoms with van der Waals surface area (Å²) in [5, 5.41) is 0. The largest absolute Gasteiger partial charge is 0.497 e. The zero-order valence-corrected chi connectivity index (χ0v) is 18.7. The van der Waals surface area contributed by atoms with Crippen LogP contribution in [0, 0.1) is 0 Å². The molecule has 0 radical (unpaired) electrons. The Balaban J connectivity index is 1.64. The Hall–Kier alpha value is -2.18. The van der Waals surface area contributed by atoms with Crippen molar-refractivity contribution in [1.29, 1.82) is 0 Å². The summed E-state index contributed by atoms with van der Waals surface area (Å²) in [6.45, 7) is 0.839. The minimum Gasteiger partial charge on any atom is -0.497 e. The molecule has 0 fully saturated rings. The van der Waals surface area contributed by atoms with Crippen molar-refractivity contribution in [2.24, 2.45) is 0 Å². The molecule has 0 N–H and O–H groups in total. The third-order valence-electron chi connectivity index (χ3n) is 4.10. The van der Waals surface area contributed by atoms with Gasteiger partial charge in [-0.25, -0.2) is 0 Å². The highest BCUT2D eigenvalue weighted by Gasteiger charge is 2.06. The van der Waals surface area contributed by atoms with Crippen LogP contribution in [0.4, 0.5) is 0 Å². The van der Waals surface area contributed by atoms with Gasteiger partial charge in [0.05, 0.1) is 14.2 Å². The van der Waals surface area contributed by atoms with Crippen LogP contribution in [0.15, 0.2) is 69.6 Å². The van der Waals surface area contributed by atoms with Gasteiger partial charge in [0.15, 0.2) is 0 Å². The first kappa shape index (κ1) is 20.6. The Kier molecular flexibility index (Phi) is 7.23. The van der Waals surface area contributed by atoms with Crippen LogP contribution in [0.2, 0.25) is 0 Å². The molecule has 0 aromatic heterocycles. The summed E-state index contributed by atoms with van der Waals surface area (Å²) in [4.78, 5) is 0. The molecule has 0 unspecified atom stereocenters. The van der Waals surface area contributed by atoms with E-state index in [1.165, 1.54) is 0 Å². The molecule has 0 heterocycles. The van der Waals surface area contributed by atoms with Crippen molar-refractivity contribution in [2.75, 3.05) is 14.2 Å². The van der Waals surface area contributed by atoms with Gasteiger partial charge in [0, 0.05) is 26.1 Å². The SMILES string of the molecule is COc1ccc(Br)c(COc2cccc(OCc3cc(OC)ccc3Br)c2)c1. The van der Waals surface area contributed by atoms with Gasteiger partial charge in [-0.1, -0.05) is 37.9 Å². The molecule has 3 aromatic rings. The lowest BCUT2D eigenvalue weighted by atomic mass is 10.2. The van der Waals surface area contributed by atoms with Crippen molar-refractivity contribution in [1.82, 2.24) is 0 Å². The molecular formula is C22H20Br2O4. The second kappa shape index (κ2) is 9.85. The van der Waals surface area contributed by atoms with E-state index in [2.05, 4.69) is 31.9 Å². The first-order chi connectivity index (χ1) is 13.6. The van der Waals surface area contributed by atoms with E-state index in [0.29, 0.717) is 13.2 Å². The zero-order valence-electron chi connectivity index (χ0n) is 15.6. The summed E-state index contributed by atoms with van der Waals surface area (Å²) in [5.74, 6) is 3.05. The second-order valence-corrected chi connectivity index (χ2v) is 7.68. The van der Waals surface area contributed by atoms with E-state index in [1.54, 1.807) is 14.2 Å². The summed E-state index contributed by atoms with van der Waals surface area (Å²) < 4.78 is 24.4. The molecule has 0 amide bonds. The van der Waals surface area contributed by atoms with Crippen LogP contribution in [0.3, 0.4) is 0 Å². The Labute approximate surface area is 181 Å². The molecule has 4 nitrogen and oxygen atoms in total. The van der Waals surface area contributed by atoms with Crippen molar-refractivity contribution in [3.8, 4) is 23.0 Å². The van der Waals surface area contributed by atoms with Crippen molar-refractivity contribution in [3.63, 3.8) is 0 Å². The molecule has 0 atom stereocenters. The number of halogens is 2. The van der Waals surface area contributed by atoms with Crippen LogP contribution >= 0.6 is 31.9 Å². The molecule has 0 aliphatic heterocycles. The smallest absolute Gasteiger partial charge is 0.123 e. The van der Waals surface area contributed by atoms with E-state index in [1.807, 2.05) is 60.7 Å². The van der Waals surface area contributed by atoms with Gasteiger partial charge in [0.1, 0.15) is 36.2 Å². The Morgan fingerprint density at radius 3 is 1.50 bits per heavy atom. The fraction of sp³-hybridized carbons (Fsp3) is 0.182. The van der Waals surface area contributed by atoms with Crippen LogP contribution in [-0.4, -0.2) is 14.2 Å². The summed E-state index contributed by atoms with van der Waals surface area (Å²) >= 11 is 7.08. The van der Waals surface area contributed by atoms with E-state index < -0.39 is 0 Å². The molecule has 3 aromatic carbocycles. The Morgan fingerprint density at radius 1 is 0.607 bits per heavy atom. The number of ether oxygens (including phenoxy) is 4. The van der Waals surface area contributed by atoms with Crippen molar-refractivity contribution in [3.05, 3.63) is 80.7 Å². The van der Waals surface area contributed by atoms with Crippen LogP contribution in [-0.2, 0) is 13.2 Å². The average molecular weight is 508 g/mol. The van der Waals surface area contributed by atoms with Gasteiger partial charge in [-0.05, 0) is 48.5 Å². The summed E-state index contributed by atoms with van der Waals surface area (Å²) in [7, 11) is 3.30. The van der Waals surface area contributed by atoms with E-state index >= 15 is 0 Å². The normalized spacial score (nSPS) is 10.4. The maximum absolute atomic E-state index is 5.93. The predicted molar refractivity (Wildman–Crippen MR) is 116 cm³/mol. The monoisotopic (exact) mass is 506 g/mol. The first-order valence-electron chi connectivity index (χ1n) is 8.59. The zero-order chi connectivity index (χ0) is 19.9. The molecule has 146 valence electrons. The van der Waals surface area contributed by atoms with Crippen LogP contribution < -0.4 is 18.9 Å². The van der Waals surface area contributed by atoms with E-state index in [4.69, 9.17) is 18.9 Å². The molecular weight excluding hydrogens is 488 g/mol. The van der Waals surface area contributed by atoms with Crippen LogP contribution in [0.1, 0.15) is 11.1 Å². The molecule has 0 bridgehead atoms. The van der Waals surface area contributed by atoms with Gasteiger partial charge in [-0.3, -0.25) is 0 Å². The number of rotatable bonds is 8. The van der Waals surface area contributed by atoms with Gasteiger partial charge >= 0.3 is 0 Å². The Morgan fingerprint density at radius 2 is 1.07 bits per heavy atom. The molecule has 0 saturated carbocycles. The second-order valence-electron chi connectivity index (χ2n) is 5.97. The van der Waals surface area contributed by atoms with Gasteiger partial charge in [0.2, 0.25) is 0 Å². The lowest BCUT2D eigenvalue weighted by Gasteiger charge is -2.12. The quantitative estimate of drug-likeness (QED) is 0.354. The highest BCUT2D eigenvalue weighted by molar-refractivity contribution is 9.10. The van der Waals surface area contributed by atoms with E-state index in [0.717, 1.165) is 43.1 Å².